The van der Waals surface area contributed by atoms with Crippen LogP contribution in [-0.4, -0.2) is 19.3 Å². The van der Waals surface area contributed by atoms with Crippen molar-refractivity contribution < 1.29 is 14.0 Å². The van der Waals surface area contributed by atoms with Crippen molar-refractivity contribution in [3.63, 3.8) is 0 Å². The van der Waals surface area contributed by atoms with Gasteiger partial charge in [0.1, 0.15) is 12.4 Å². The monoisotopic (exact) mass is 276 g/mol. The van der Waals surface area contributed by atoms with Gasteiger partial charge in [0.25, 0.3) is 0 Å². The lowest BCUT2D eigenvalue weighted by Gasteiger charge is -2.14. The number of nitrogens with one attached hydrogen (secondary N) is 1. The minimum Gasteiger partial charge on any atom is -0.493 e. The quantitative estimate of drug-likeness (QED) is 0.879. The minimum atomic E-state index is 0.415. The third kappa shape index (κ3) is 2.93. The first-order valence-corrected chi connectivity index (χ1v) is 6.52. The van der Waals surface area contributed by atoms with E-state index in [1.165, 1.54) is 0 Å². The third-order valence-electron chi connectivity index (χ3n) is 3.19. The molecule has 1 aromatic carbocycles. The maximum Gasteiger partial charge on any atom is 0.166 e. The maximum atomic E-state index is 5.95. The Kier molecular flexibility index (Phi) is 4.63. The van der Waals surface area contributed by atoms with Crippen LogP contribution in [0.5, 0.6) is 11.5 Å². The van der Waals surface area contributed by atoms with Crippen LogP contribution >= 0.6 is 0 Å². The Hall–Kier alpha value is -2.01. The molecule has 0 aliphatic rings. The number of aryl methyl sites for hydroxylation is 2. The molecule has 0 atom stereocenters. The van der Waals surface area contributed by atoms with E-state index in [-0.39, 0.29) is 0 Å². The summed E-state index contributed by atoms with van der Waals surface area (Å²) in [5, 5.41) is 7.06. The predicted molar refractivity (Wildman–Crippen MR) is 76.1 cm³/mol. The van der Waals surface area contributed by atoms with Crippen molar-refractivity contribution in [2.75, 3.05) is 14.2 Å². The SMILES string of the molecule is CNCc1cccc(OC)c1OCc1c(C)noc1C. The predicted octanol–water partition coefficient (Wildman–Crippen LogP) is 2.60. The number of rotatable bonds is 6. The van der Waals surface area contributed by atoms with Gasteiger partial charge in [-0.25, -0.2) is 0 Å². The minimum absolute atomic E-state index is 0.415. The van der Waals surface area contributed by atoms with Gasteiger partial charge >= 0.3 is 0 Å². The van der Waals surface area contributed by atoms with Gasteiger partial charge in [-0.3, -0.25) is 0 Å². The maximum absolute atomic E-state index is 5.95. The molecule has 1 N–H and O–H groups in total. The highest BCUT2D eigenvalue weighted by atomic mass is 16.5. The molecule has 0 aliphatic heterocycles. The molecular formula is C15H20N2O3. The summed E-state index contributed by atoms with van der Waals surface area (Å²) in [5.74, 6) is 2.27. The fourth-order valence-corrected chi connectivity index (χ4v) is 2.07. The zero-order valence-corrected chi connectivity index (χ0v) is 12.3. The molecule has 0 unspecified atom stereocenters. The fourth-order valence-electron chi connectivity index (χ4n) is 2.07. The van der Waals surface area contributed by atoms with E-state index in [1.54, 1.807) is 7.11 Å². The van der Waals surface area contributed by atoms with Crippen LogP contribution in [0.1, 0.15) is 22.6 Å². The van der Waals surface area contributed by atoms with E-state index < -0.39 is 0 Å². The van der Waals surface area contributed by atoms with E-state index in [1.807, 2.05) is 39.1 Å². The van der Waals surface area contributed by atoms with Gasteiger partial charge in [-0.05, 0) is 27.0 Å². The molecule has 1 aromatic heterocycles. The summed E-state index contributed by atoms with van der Waals surface area (Å²) in [7, 11) is 3.54. The zero-order chi connectivity index (χ0) is 14.5. The summed E-state index contributed by atoms with van der Waals surface area (Å²) in [5.41, 5.74) is 2.89. The van der Waals surface area contributed by atoms with E-state index in [0.717, 1.165) is 34.1 Å². The number of aromatic nitrogens is 1. The average Bonchev–Trinajstić information content (AvgIpc) is 2.77. The Morgan fingerprint density at radius 3 is 2.70 bits per heavy atom. The number of hydrogen-bond acceptors (Lipinski definition) is 5. The zero-order valence-electron chi connectivity index (χ0n) is 12.3. The van der Waals surface area contributed by atoms with Crippen molar-refractivity contribution in [3.8, 4) is 11.5 Å². The Bertz CT molecular complexity index is 559. The molecule has 108 valence electrons. The van der Waals surface area contributed by atoms with Gasteiger partial charge in [-0.2, -0.15) is 0 Å². The van der Waals surface area contributed by atoms with E-state index in [4.69, 9.17) is 14.0 Å². The molecule has 5 heteroatoms. The highest BCUT2D eigenvalue weighted by molar-refractivity contribution is 5.46. The van der Waals surface area contributed by atoms with Gasteiger partial charge in [0.2, 0.25) is 0 Å². The second kappa shape index (κ2) is 6.43. The van der Waals surface area contributed by atoms with Crippen LogP contribution in [0, 0.1) is 13.8 Å². The summed E-state index contributed by atoms with van der Waals surface area (Å²) in [4.78, 5) is 0. The van der Waals surface area contributed by atoms with Crippen molar-refractivity contribution in [2.24, 2.45) is 0 Å². The Morgan fingerprint density at radius 1 is 1.30 bits per heavy atom. The normalized spacial score (nSPS) is 10.6. The van der Waals surface area contributed by atoms with Gasteiger partial charge < -0.3 is 19.3 Å². The summed E-state index contributed by atoms with van der Waals surface area (Å²) in [6, 6.07) is 5.86. The van der Waals surface area contributed by atoms with Crippen molar-refractivity contribution in [3.05, 3.63) is 40.8 Å². The molecule has 20 heavy (non-hydrogen) atoms. The van der Waals surface area contributed by atoms with Crippen molar-refractivity contribution in [1.29, 1.82) is 0 Å². The summed E-state index contributed by atoms with van der Waals surface area (Å²) < 4.78 is 16.5. The number of para-hydroxylation sites is 1. The molecule has 1 heterocycles. The van der Waals surface area contributed by atoms with Crippen molar-refractivity contribution in [1.82, 2.24) is 10.5 Å². The molecule has 0 spiro atoms. The van der Waals surface area contributed by atoms with Crippen LogP contribution in [0.4, 0.5) is 0 Å². The first-order valence-electron chi connectivity index (χ1n) is 6.52. The molecule has 0 radical (unpaired) electrons. The molecule has 2 aromatic rings. The van der Waals surface area contributed by atoms with Gasteiger partial charge in [0, 0.05) is 12.1 Å². The van der Waals surface area contributed by atoms with Crippen LogP contribution in [0.3, 0.4) is 0 Å². The number of hydrogen-bond donors (Lipinski definition) is 1. The van der Waals surface area contributed by atoms with Crippen molar-refractivity contribution in [2.45, 2.75) is 27.0 Å². The standard InChI is InChI=1S/C15H20N2O3/c1-10-13(11(2)20-17-10)9-19-15-12(8-16-3)6-5-7-14(15)18-4/h5-7,16H,8-9H2,1-4H3. The summed E-state index contributed by atoms with van der Waals surface area (Å²) in [6.07, 6.45) is 0. The van der Waals surface area contributed by atoms with Crippen LogP contribution in [0.2, 0.25) is 0 Å². The van der Waals surface area contributed by atoms with Crippen LogP contribution in [-0.2, 0) is 13.2 Å². The van der Waals surface area contributed by atoms with Gasteiger partial charge in [-0.1, -0.05) is 17.3 Å². The van der Waals surface area contributed by atoms with E-state index in [0.29, 0.717) is 13.2 Å². The number of methoxy groups -OCH3 is 1. The summed E-state index contributed by atoms with van der Waals surface area (Å²) >= 11 is 0. The van der Waals surface area contributed by atoms with Gasteiger partial charge in [0.05, 0.1) is 18.4 Å². The largest absolute Gasteiger partial charge is 0.493 e. The topological polar surface area (TPSA) is 56.5 Å². The Morgan fingerprint density at radius 2 is 2.10 bits per heavy atom. The van der Waals surface area contributed by atoms with Crippen LogP contribution in [0.15, 0.2) is 22.7 Å². The highest BCUT2D eigenvalue weighted by Gasteiger charge is 2.14. The average molecular weight is 276 g/mol. The van der Waals surface area contributed by atoms with E-state index in [2.05, 4.69) is 10.5 Å². The van der Waals surface area contributed by atoms with Crippen LogP contribution in [0.25, 0.3) is 0 Å². The molecule has 0 saturated heterocycles. The molecule has 5 nitrogen and oxygen atoms in total. The molecule has 0 bridgehead atoms. The fraction of sp³-hybridized carbons (Fsp3) is 0.400. The second-order valence-corrected chi connectivity index (χ2v) is 4.57. The van der Waals surface area contributed by atoms with Crippen molar-refractivity contribution >= 4 is 0 Å². The lowest BCUT2D eigenvalue weighted by molar-refractivity contribution is 0.278. The smallest absolute Gasteiger partial charge is 0.166 e. The number of nitrogens with zero attached hydrogens (tertiary/aromatic N) is 1. The molecular weight excluding hydrogens is 256 g/mol. The molecule has 0 aliphatic carbocycles. The number of benzene rings is 1. The lowest BCUT2D eigenvalue weighted by Crippen LogP contribution is -2.09. The van der Waals surface area contributed by atoms with Gasteiger partial charge in [-0.15, -0.1) is 0 Å². The number of ether oxygens (including phenoxy) is 2. The molecule has 0 amide bonds. The lowest BCUT2D eigenvalue weighted by atomic mass is 10.1. The second-order valence-electron chi connectivity index (χ2n) is 4.57. The van der Waals surface area contributed by atoms with E-state index >= 15 is 0 Å². The summed E-state index contributed by atoms with van der Waals surface area (Å²) in [6.45, 7) is 4.92. The Balaban J connectivity index is 2.23. The molecule has 0 saturated carbocycles. The first kappa shape index (κ1) is 14.4. The van der Waals surface area contributed by atoms with Crippen LogP contribution < -0.4 is 14.8 Å². The Labute approximate surface area is 118 Å². The highest BCUT2D eigenvalue weighted by Crippen LogP contribution is 2.32. The molecule has 0 fully saturated rings. The van der Waals surface area contributed by atoms with Gasteiger partial charge in [0.15, 0.2) is 11.5 Å². The first-order chi connectivity index (χ1) is 9.67. The molecule has 2 rings (SSSR count). The van der Waals surface area contributed by atoms with E-state index in [9.17, 15) is 0 Å². The third-order valence-corrected chi connectivity index (χ3v) is 3.19.